The highest BCUT2D eigenvalue weighted by atomic mass is 16.5. The van der Waals surface area contributed by atoms with Gasteiger partial charge in [-0.05, 0) is 37.5 Å². The third-order valence-corrected chi connectivity index (χ3v) is 4.15. The molecule has 1 heterocycles. The fourth-order valence-electron chi connectivity index (χ4n) is 3.20. The first kappa shape index (κ1) is 11.8. The summed E-state index contributed by atoms with van der Waals surface area (Å²) in [5, 5.41) is 0. The first-order valence-electron chi connectivity index (χ1n) is 6.56. The van der Waals surface area contributed by atoms with Crippen molar-refractivity contribution < 1.29 is 9.53 Å². The Hall–Kier alpha value is -0.630. The van der Waals surface area contributed by atoms with Gasteiger partial charge in [0.1, 0.15) is 5.78 Å². The lowest BCUT2D eigenvalue weighted by Gasteiger charge is -2.35. The van der Waals surface area contributed by atoms with Crippen LogP contribution in [0.4, 0.5) is 0 Å². The summed E-state index contributed by atoms with van der Waals surface area (Å²) in [5.74, 6) is 1.76. The number of Topliss-reactive ketones (excluding diaryl/α,β-unsaturated/α-hetero) is 1. The highest BCUT2D eigenvalue weighted by Crippen LogP contribution is 2.36. The van der Waals surface area contributed by atoms with E-state index in [-0.39, 0.29) is 5.92 Å². The van der Waals surface area contributed by atoms with E-state index in [4.69, 9.17) is 4.74 Å². The lowest BCUT2D eigenvalue weighted by Crippen LogP contribution is -2.33. The van der Waals surface area contributed by atoms with Crippen molar-refractivity contribution in [1.29, 1.82) is 0 Å². The van der Waals surface area contributed by atoms with Crippen LogP contribution >= 0.6 is 0 Å². The molecule has 1 aliphatic carbocycles. The minimum absolute atomic E-state index is 0.259. The van der Waals surface area contributed by atoms with Gasteiger partial charge < -0.3 is 4.74 Å². The Balaban J connectivity index is 2.01. The monoisotopic (exact) mass is 222 g/mol. The minimum Gasteiger partial charge on any atom is -0.381 e. The minimum atomic E-state index is 0.259. The first-order chi connectivity index (χ1) is 7.83. The zero-order valence-electron chi connectivity index (χ0n) is 9.99. The van der Waals surface area contributed by atoms with Gasteiger partial charge in [-0.3, -0.25) is 4.79 Å². The molecule has 2 fully saturated rings. The van der Waals surface area contributed by atoms with E-state index in [9.17, 15) is 4.79 Å². The molecule has 0 bridgehead atoms. The smallest absolute Gasteiger partial charge is 0.136 e. The molecule has 0 aromatic rings. The standard InChI is InChI=1S/C14H22O2/c1-2-12(11-7-9-16-10-8-11)13-5-3-4-6-14(13)15/h2,11-13H,1,3-10H2/t12-,13+/m1/s1. The molecule has 0 unspecified atom stereocenters. The van der Waals surface area contributed by atoms with Crippen LogP contribution in [0.3, 0.4) is 0 Å². The van der Waals surface area contributed by atoms with Crippen LogP contribution in [0.5, 0.6) is 0 Å². The number of ether oxygens (including phenoxy) is 1. The maximum Gasteiger partial charge on any atom is 0.136 e. The molecule has 0 radical (unpaired) electrons. The molecule has 0 spiro atoms. The molecule has 2 atom stereocenters. The Labute approximate surface area is 98.1 Å². The summed E-state index contributed by atoms with van der Waals surface area (Å²) >= 11 is 0. The molecule has 1 saturated heterocycles. The lowest BCUT2D eigenvalue weighted by atomic mass is 9.71. The van der Waals surface area contributed by atoms with Crippen LogP contribution in [0.2, 0.25) is 0 Å². The summed E-state index contributed by atoms with van der Waals surface area (Å²) in [6.07, 6.45) is 8.40. The molecule has 16 heavy (non-hydrogen) atoms. The first-order valence-corrected chi connectivity index (χ1v) is 6.56. The van der Waals surface area contributed by atoms with Gasteiger partial charge in [0.15, 0.2) is 0 Å². The van der Waals surface area contributed by atoms with Crippen molar-refractivity contribution in [3.05, 3.63) is 12.7 Å². The number of hydrogen-bond acceptors (Lipinski definition) is 2. The molecule has 0 N–H and O–H groups in total. The molecule has 2 nitrogen and oxygen atoms in total. The van der Waals surface area contributed by atoms with Crippen LogP contribution in [0.15, 0.2) is 12.7 Å². The molecular weight excluding hydrogens is 200 g/mol. The highest BCUT2D eigenvalue weighted by Gasteiger charge is 2.33. The van der Waals surface area contributed by atoms with Gasteiger partial charge in [-0.1, -0.05) is 12.5 Å². The van der Waals surface area contributed by atoms with E-state index < -0.39 is 0 Å². The second kappa shape index (κ2) is 5.62. The van der Waals surface area contributed by atoms with Crippen LogP contribution in [-0.4, -0.2) is 19.0 Å². The predicted octanol–water partition coefficient (Wildman–Crippen LogP) is 2.97. The maximum atomic E-state index is 12.0. The van der Waals surface area contributed by atoms with E-state index in [0.29, 0.717) is 17.6 Å². The van der Waals surface area contributed by atoms with Gasteiger partial charge in [-0.25, -0.2) is 0 Å². The van der Waals surface area contributed by atoms with Crippen molar-refractivity contribution in [1.82, 2.24) is 0 Å². The van der Waals surface area contributed by atoms with E-state index in [1.165, 1.54) is 6.42 Å². The third kappa shape index (κ3) is 2.54. The summed E-state index contributed by atoms with van der Waals surface area (Å²) in [7, 11) is 0. The topological polar surface area (TPSA) is 26.3 Å². The van der Waals surface area contributed by atoms with E-state index in [1.807, 2.05) is 6.08 Å². The van der Waals surface area contributed by atoms with E-state index in [2.05, 4.69) is 6.58 Å². The number of rotatable bonds is 3. The molecular formula is C14H22O2. The molecule has 1 saturated carbocycles. The molecule has 0 amide bonds. The predicted molar refractivity (Wildman–Crippen MR) is 64.2 cm³/mol. The van der Waals surface area contributed by atoms with Gasteiger partial charge >= 0.3 is 0 Å². The number of allylic oxidation sites excluding steroid dienone is 1. The number of hydrogen-bond donors (Lipinski definition) is 0. The maximum absolute atomic E-state index is 12.0. The highest BCUT2D eigenvalue weighted by molar-refractivity contribution is 5.82. The molecule has 2 rings (SSSR count). The average Bonchev–Trinajstić information content (AvgIpc) is 2.34. The van der Waals surface area contributed by atoms with E-state index >= 15 is 0 Å². The van der Waals surface area contributed by atoms with Crippen molar-refractivity contribution in [2.24, 2.45) is 17.8 Å². The SMILES string of the molecule is C=C[C@H](C1CCOCC1)[C@@H]1CCCCC1=O. The van der Waals surface area contributed by atoms with Crippen LogP contribution in [-0.2, 0) is 9.53 Å². The van der Waals surface area contributed by atoms with Gasteiger partial charge in [-0.2, -0.15) is 0 Å². The zero-order chi connectivity index (χ0) is 11.4. The molecule has 0 aromatic heterocycles. The molecule has 2 aliphatic rings. The van der Waals surface area contributed by atoms with Gasteiger partial charge in [0.25, 0.3) is 0 Å². The van der Waals surface area contributed by atoms with Crippen molar-refractivity contribution in [2.75, 3.05) is 13.2 Å². The fourth-order valence-corrected chi connectivity index (χ4v) is 3.20. The second-order valence-electron chi connectivity index (χ2n) is 5.08. The average molecular weight is 222 g/mol. The third-order valence-electron chi connectivity index (χ3n) is 4.15. The molecule has 2 heteroatoms. The summed E-state index contributed by atoms with van der Waals surface area (Å²) in [5.41, 5.74) is 0. The Morgan fingerprint density at radius 1 is 1.25 bits per heavy atom. The normalized spacial score (nSPS) is 30.0. The molecule has 90 valence electrons. The lowest BCUT2D eigenvalue weighted by molar-refractivity contribution is -0.127. The zero-order valence-corrected chi connectivity index (χ0v) is 9.99. The number of carbonyl (C=O) groups is 1. The van der Waals surface area contributed by atoms with Gasteiger partial charge in [0.2, 0.25) is 0 Å². The number of ketones is 1. The fraction of sp³-hybridized carbons (Fsp3) is 0.786. The second-order valence-corrected chi connectivity index (χ2v) is 5.08. The Bertz CT molecular complexity index is 253. The molecule has 0 aromatic carbocycles. The Morgan fingerprint density at radius 2 is 2.00 bits per heavy atom. The van der Waals surface area contributed by atoms with Crippen molar-refractivity contribution in [3.8, 4) is 0 Å². The quantitative estimate of drug-likeness (QED) is 0.686. The Kier molecular flexibility index (Phi) is 4.16. The van der Waals surface area contributed by atoms with Crippen molar-refractivity contribution in [2.45, 2.75) is 38.5 Å². The summed E-state index contributed by atoms with van der Waals surface area (Å²) in [6, 6.07) is 0. The van der Waals surface area contributed by atoms with E-state index in [1.54, 1.807) is 0 Å². The molecule has 1 aliphatic heterocycles. The van der Waals surface area contributed by atoms with Gasteiger partial charge in [0, 0.05) is 25.6 Å². The number of carbonyl (C=O) groups excluding carboxylic acids is 1. The van der Waals surface area contributed by atoms with Crippen LogP contribution < -0.4 is 0 Å². The van der Waals surface area contributed by atoms with Crippen LogP contribution in [0.25, 0.3) is 0 Å². The van der Waals surface area contributed by atoms with Crippen LogP contribution in [0.1, 0.15) is 38.5 Å². The van der Waals surface area contributed by atoms with Gasteiger partial charge in [0.05, 0.1) is 0 Å². The van der Waals surface area contributed by atoms with Crippen molar-refractivity contribution in [3.63, 3.8) is 0 Å². The van der Waals surface area contributed by atoms with Crippen molar-refractivity contribution >= 4 is 5.78 Å². The van der Waals surface area contributed by atoms with Crippen LogP contribution in [0, 0.1) is 17.8 Å². The summed E-state index contributed by atoms with van der Waals surface area (Å²) < 4.78 is 5.39. The Morgan fingerprint density at radius 3 is 2.62 bits per heavy atom. The van der Waals surface area contributed by atoms with E-state index in [0.717, 1.165) is 45.3 Å². The summed E-state index contributed by atoms with van der Waals surface area (Å²) in [4.78, 5) is 12.0. The van der Waals surface area contributed by atoms with Gasteiger partial charge in [-0.15, -0.1) is 6.58 Å². The summed E-state index contributed by atoms with van der Waals surface area (Å²) in [6.45, 7) is 5.67. The largest absolute Gasteiger partial charge is 0.381 e.